The van der Waals surface area contributed by atoms with E-state index in [-0.39, 0.29) is 30.4 Å². The van der Waals surface area contributed by atoms with Crippen molar-refractivity contribution < 1.29 is 29.0 Å². The molecule has 35 heavy (non-hydrogen) atoms. The van der Waals surface area contributed by atoms with E-state index in [1.54, 1.807) is 0 Å². The quantitative estimate of drug-likeness (QED) is 0.585. The number of rotatable bonds is 6. The molecule has 0 spiro atoms. The first kappa shape index (κ1) is 22.9. The molecule has 2 heterocycles. The van der Waals surface area contributed by atoms with Crippen molar-refractivity contribution in [3.8, 4) is 11.1 Å². The van der Waals surface area contributed by atoms with Gasteiger partial charge in [-0.25, -0.2) is 4.79 Å². The van der Waals surface area contributed by atoms with Gasteiger partial charge in [-0.2, -0.15) is 0 Å². The van der Waals surface area contributed by atoms with E-state index in [9.17, 15) is 24.3 Å². The zero-order valence-electron chi connectivity index (χ0n) is 19.1. The van der Waals surface area contributed by atoms with Crippen molar-refractivity contribution in [3.63, 3.8) is 0 Å². The number of piperidine rings is 1. The number of carboxylic acids is 1. The van der Waals surface area contributed by atoms with Crippen molar-refractivity contribution in [1.82, 2.24) is 15.5 Å². The maximum atomic E-state index is 13.1. The molecular weight excluding hydrogens is 450 g/mol. The molecule has 0 aromatic heterocycles. The van der Waals surface area contributed by atoms with Gasteiger partial charge in [0.05, 0.1) is 6.42 Å². The number of alkyl carbamates (subject to hydrolysis) is 1. The molecule has 3 N–H and O–H groups in total. The third-order valence-corrected chi connectivity index (χ3v) is 7.17. The van der Waals surface area contributed by atoms with Crippen molar-refractivity contribution in [2.75, 3.05) is 19.7 Å². The molecule has 2 fully saturated rings. The van der Waals surface area contributed by atoms with E-state index < -0.39 is 30.4 Å². The zero-order valence-corrected chi connectivity index (χ0v) is 19.1. The summed E-state index contributed by atoms with van der Waals surface area (Å²) < 4.78 is 5.50. The maximum absolute atomic E-state index is 13.1. The molecule has 2 aromatic carbocycles. The SMILES string of the molecule is O=C(O)CC(NC(=O)OCC1c2ccccc2-c2ccccc21)C(=O)N1CC[C@H]2CC(=O)N[C@H]2C1. The molecule has 9 nitrogen and oxygen atoms in total. The third kappa shape index (κ3) is 4.58. The van der Waals surface area contributed by atoms with Crippen molar-refractivity contribution in [1.29, 1.82) is 0 Å². The Bertz CT molecular complexity index is 1140. The summed E-state index contributed by atoms with van der Waals surface area (Å²) in [4.78, 5) is 50.4. The topological polar surface area (TPSA) is 125 Å². The second-order valence-corrected chi connectivity index (χ2v) is 9.33. The van der Waals surface area contributed by atoms with Crippen LogP contribution in [0.1, 0.15) is 36.3 Å². The number of fused-ring (bicyclic) bond motifs is 4. The van der Waals surface area contributed by atoms with Gasteiger partial charge in [0.15, 0.2) is 0 Å². The molecule has 0 radical (unpaired) electrons. The smallest absolute Gasteiger partial charge is 0.407 e. The van der Waals surface area contributed by atoms with E-state index in [4.69, 9.17) is 4.74 Å². The number of hydrogen-bond donors (Lipinski definition) is 3. The van der Waals surface area contributed by atoms with Crippen LogP contribution in [-0.4, -0.2) is 65.7 Å². The Morgan fingerprint density at radius 2 is 1.74 bits per heavy atom. The Balaban J connectivity index is 1.24. The Hall–Kier alpha value is -3.88. The number of ether oxygens (including phenoxy) is 1. The monoisotopic (exact) mass is 477 g/mol. The number of nitrogens with zero attached hydrogens (tertiary/aromatic N) is 1. The van der Waals surface area contributed by atoms with Crippen LogP contribution in [0.4, 0.5) is 4.79 Å². The van der Waals surface area contributed by atoms with Crippen molar-refractivity contribution in [2.45, 2.75) is 37.3 Å². The van der Waals surface area contributed by atoms with Crippen molar-refractivity contribution in [3.05, 3.63) is 59.7 Å². The van der Waals surface area contributed by atoms with Crippen LogP contribution in [0.25, 0.3) is 11.1 Å². The van der Waals surface area contributed by atoms with E-state index in [2.05, 4.69) is 10.6 Å². The lowest BCUT2D eigenvalue weighted by atomic mass is 9.92. The Morgan fingerprint density at radius 1 is 1.09 bits per heavy atom. The number of benzene rings is 2. The second kappa shape index (κ2) is 9.40. The Morgan fingerprint density at radius 3 is 2.40 bits per heavy atom. The highest BCUT2D eigenvalue weighted by atomic mass is 16.5. The maximum Gasteiger partial charge on any atom is 0.407 e. The molecule has 182 valence electrons. The predicted octanol–water partition coefficient (Wildman–Crippen LogP) is 2.11. The van der Waals surface area contributed by atoms with Gasteiger partial charge in [-0.15, -0.1) is 0 Å². The van der Waals surface area contributed by atoms with Crippen LogP contribution in [0.5, 0.6) is 0 Å². The van der Waals surface area contributed by atoms with Crippen LogP contribution in [0.3, 0.4) is 0 Å². The number of nitrogens with one attached hydrogen (secondary N) is 2. The van der Waals surface area contributed by atoms with E-state index in [0.717, 1.165) is 22.3 Å². The summed E-state index contributed by atoms with van der Waals surface area (Å²) in [6.45, 7) is 0.780. The van der Waals surface area contributed by atoms with Crippen LogP contribution in [0.15, 0.2) is 48.5 Å². The average Bonchev–Trinajstić information content (AvgIpc) is 3.38. The summed E-state index contributed by atoms with van der Waals surface area (Å²) in [5.74, 6) is -1.69. The molecule has 2 saturated heterocycles. The molecule has 9 heteroatoms. The first-order valence-electron chi connectivity index (χ1n) is 11.8. The molecule has 3 aliphatic rings. The Kier molecular flexibility index (Phi) is 6.15. The van der Waals surface area contributed by atoms with Gasteiger partial charge in [-0.1, -0.05) is 48.5 Å². The van der Waals surface area contributed by atoms with Gasteiger partial charge >= 0.3 is 12.1 Å². The van der Waals surface area contributed by atoms with E-state index in [1.807, 2.05) is 48.5 Å². The highest BCUT2D eigenvalue weighted by Gasteiger charge is 2.40. The number of carboxylic acid groups (broad SMARTS) is 1. The fourth-order valence-electron chi connectivity index (χ4n) is 5.49. The van der Waals surface area contributed by atoms with E-state index in [0.29, 0.717) is 25.9 Å². The molecule has 1 unspecified atom stereocenters. The van der Waals surface area contributed by atoms with Crippen LogP contribution in [-0.2, 0) is 19.1 Å². The van der Waals surface area contributed by atoms with Gasteiger partial charge in [0.2, 0.25) is 11.8 Å². The molecule has 2 aromatic rings. The summed E-state index contributed by atoms with van der Waals surface area (Å²) in [5.41, 5.74) is 4.30. The highest BCUT2D eigenvalue weighted by Crippen LogP contribution is 2.44. The average molecular weight is 478 g/mol. The Labute approximate surface area is 202 Å². The van der Waals surface area contributed by atoms with Crippen LogP contribution in [0.2, 0.25) is 0 Å². The van der Waals surface area contributed by atoms with Crippen molar-refractivity contribution >= 4 is 23.9 Å². The molecule has 2 aliphatic heterocycles. The summed E-state index contributed by atoms with van der Waals surface area (Å²) in [6.07, 6.45) is -0.293. The molecular formula is C26H27N3O6. The number of carbonyl (C=O) groups is 4. The molecule has 5 rings (SSSR count). The summed E-state index contributed by atoms with van der Waals surface area (Å²) in [6, 6.07) is 14.5. The van der Waals surface area contributed by atoms with Gasteiger partial charge in [0.25, 0.3) is 0 Å². The third-order valence-electron chi connectivity index (χ3n) is 7.17. The lowest BCUT2D eigenvalue weighted by molar-refractivity contribution is -0.143. The zero-order chi connectivity index (χ0) is 24.5. The highest BCUT2D eigenvalue weighted by molar-refractivity contribution is 5.89. The normalized spacial score (nSPS) is 21.4. The predicted molar refractivity (Wildman–Crippen MR) is 125 cm³/mol. The first-order chi connectivity index (χ1) is 16.9. The van der Waals surface area contributed by atoms with Gasteiger partial charge < -0.3 is 25.4 Å². The number of amides is 3. The summed E-state index contributed by atoms with van der Waals surface area (Å²) in [5, 5.41) is 14.7. The van der Waals surface area contributed by atoms with Crippen LogP contribution >= 0.6 is 0 Å². The number of carbonyl (C=O) groups excluding carboxylic acids is 3. The molecule has 3 atom stereocenters. The lowest BCUT2D eigenvalue weighted by Gasteiger charge is -2.36. The minimum atomic E-state index is -1.25. The fraction of sp³-hybridized carbons (Fsp3) is 0.385. The van der Waals surface area contributed by atoms with E-state index >= 15 is 0 Å². The number of likely N-dealkylation sites (tertiary alicyclic amines) is 1. The van der Waals surface area contributed by atoms with Crippen LogP contribution in [0, 0.1) is 5.92 Å². The standard InChI is InChI=1S/C26H27N3O6/c30-23-11-15-9-10-29(13-22(15)27-23)25(33)21(12-24(31)32)28-26(34)35-14-20-18-7-3-1-5-16(18)17-6-2-4-8-19(17)20/h1-8,15,20-22H,9-14H2,(H,27,30)(H,28,34)(H,31,32)/t15-,21?,22-/m0/s1. The molecule has 0 bridgehead atoms. The summed E-state index contributed by atoms with van der Waals surface area (Å²) in [7, 11) is 0. The molecule has 3 amide bonds. The van der Waals surface area contributed by atoms with Gasteiger partial charge in [-0.05, 0) is 34.6 Å². The molecule has 0 saturated carbocycles. The second-order valence-electron chi connectivity index (χ2n) is 9.33. The number of aliphatic carboxylic acids is 1. The fourth-order valence-corrected chi connectivity index (χ4v) is 5.49. The van der Waals surface area contributed by atoms with Gasteiger partial charge in [0, 0.05) is 31.5 Å². The van der Waals surface area contributed by atoms with Gasteiger partial charge in [0.1, 0.15) is 12.6 Å². The van der Waals surface area contributed by atoms with Gasteiger partial charge in [-0.3, -0.25) is 14.4 Å². The molecule has 1 aliphatic carbocycles. The van der Waals surface area contributed by atoms with E-state index in [1.165, 1.54) is 4.90 Å². The first-order valence-corrected chi connectivity index (χ1v) is 11.8. The lowest BCUT2D eigenvalue weighted by Crippen LogP contribution is -2.55. The largest absolute Gasteiger partial charge is 0.481 e. The van der Waals surface area contributed by atoms with Crippen LogP contribution < -0.4 is 10.6 Å². The minimum absolute atomic E-state index is 0.0341. The number of hydrogen-bond acceptors (Lipinski definition) is 5. The minimum Gasteiger partial charge on any atom is -0.481 e. The summed E-state index contributed by atoms with van der Waals surface area (Å²) >= 11 is 0. The van der Waals surface area contributed by atoms with Crippen molar-refractivity contribution in [2.24, 2.45) is 5.92 Å².